The van der Waals surface area contributed by atoms with Crippen LogP contribution in [0.15, 0.2) is 18.2 Å². The second kappa shape index (κ2) is 6.10. The number of hydrogen-bond acceptors (Lipinski definition) is 3. The molecule has 0 spiro atoms. The first-order valence-electron chi connectivity index (χ1n) is 6.67. The van der Waals surface area contributed by atoms with E-state index in [2.05, 4.69) is 24.4 Å². The van der Waals surface area contributed by atoms with Crippen molar-refractivity contribution in [2.75, 3.05) is 19.5 Å². The average molecular weight is 249 g/mol. The number of rotatable bonds is 4. The van der Waals surface area contributed by atoms with Gasteiger partial charge in [-0.1, -0.05) is 0 Å². The third kappa shape index (κ3) is 3.16. The lowest BCUT2D eigenvalue weighted by atomic mass is 9.92. The molecule has 100 valence electrons. The van der Waals surface area contributed by atoms with E-state index in [1.54, 1.807) is 7.11 Å². The molecule has 0 aromatic heterocycles. The van der Waals surface area contributed by atoms with Gasteiger partial charge in [-0.25, -0.2) is 0 Å². The van der Waals surface area contributed by atoms with E-state index in [-0.39, 0.29) is 0 Å². The molecule has 0 bridgehead atoms. The standard InChI is InChI=1S/C15H23NO2/c1-11-9-13(7-8-15(11)18-3)16-12-5-4-6-14(10-12)17-2/h7-9,12,14,16H,4-6,10H2,1-3H3. The van der Waals surface area contributed by atoms with Gasteiger partial charge in [-0.2, -0.15) is 0 Å². The fourth-order valence-electron chi connectivity index (χ4n) is 2.69. The van der Waals surface area contributed by atoms with Gasteiger partial charge in [0.1, 0.15) is 5.75 Å². The van der Waals surface area contributed by atoms with Crippen molar-refractivity contribution in [3.8, 4) is 5.75 Å². The zero-order chi connectivity index (χ0) is 13.0. The van der Waals surface area contributed by atoms with Crippen LogP contribution in [0.4, 0.5) is 5.69 Å². The molecule has 0 heterocycles. The Morgan fingerprint density at radius 3 is 2.72 bits per heavy atom. The van der Waals surface area contributed by atoms with Crippen molar-refractivity contribution in [1.29, 1.82) is 0 Å². The average Bonchev–Trinajstić information content (AvgIpc) is 2.39. The summed E-state index contributed by atoms with van der Waals surface area (Å²) >= 11 is 0. The minimum atomic E-state index is 0.413. The molecular formula is C15H23NO2. The van der Waals surface area contributed by atoms with E-state index in [4.69, 9.17) is 9.47 Å². The summed E-state index contributed by atoms with van der Waals surface area (Å²) in [6.07, 6.45) is 5.17. The fourth-order valence-corrected chi connectivity index (χ4v) is 2.69. The van der Waals surface area contributed by atoms with Crippen LogP contribution in [-0.2, 0) is 4.74 Å². The van der Waals surface area contributed by atoms with Crippen molar-refractivity contribution in [2.24, 2.45) is 0 Å². The van der Waals surface area contributed by atoms with E-state index < -0.39 is 0 Å². The van der Waals surface area contributed by atoms with E-state index in [0.29, 0.717) is 12.1 Å². The van der Waals surface area contributed by atoms with Crippen LogP contribution in [0.2, 0.25) is 0 Å². The van der Waals surface area contributed by atoms with E-state index in [9.17, 15) is 0 Å². The maximum Gasteiger partial charge on any atom is 0.121 e. The first-order chi connectivity index (χ1) is 8.72. The molecule has 1 N–H and O–H groups in total. The van der Waals surface area contributed by atoms with Gasteiger partial charge in [0.15, 0.2) is 0 Å². The summed E-state index contributed by atoms with van der Waals surface area (Å²) in [4.78, 5) is 0. The van der Waals surface area contributed by atoms with Crippen molar-refractivity contribution in [3.05, 3.63) is 23.8 Å². The minimum Gasteiger partial charge on any atom is -0.496 e. The summed E-state index contributed by atoms with van der Waals surface area (Å²) in [5, 5.41) is 3.60. The van der Waals surface area contributed by atoms with Gasteiger partial charge in [-0.15, -0.1) is 0 Å². The molecule has 1 aromatic carbocycles. The third-order valence-electron chi connectivity index (χ3n) is 3.73. The number of methoxy groups -OCH3 is 2. The summed E-state index contributed by atoms with van der Waals surface area (Å²) < 4.78 is 10.7. The number of hydrogen-bond donors (Lipinski definition) is 1. The molecule has 2 atom stereocenters. The number of anilines is 1. The first-order valence-corrected chi connectivity index (χ1v) is 6.67. The fraction of sp³-hybridized carbons (Fsp3) is 0.600. The summed E-state index contributed by atoms with van der Waals surface area (Å²) in [6, 6.07) is 6.78. The molecule has 0 amide bonds. The highest BCUT2D eigenvalue weighted by Crippen LogP contribution is 2.26. The summed E-state index contributed by atoms with van der Waals surface area (Å²) in [6.45, 7) is 2.07. The van der Waals surface area contributed by atoms with Gasteiger partial charge in [0.2, 0.25) is 0 Å². The number of nitrogens with one attached hydrogen (secondary N) is 1. The van der Waals surface area contributed by atoms with Crippen LogP contribution >= 0.6 is 0 Å². The van der Waals surface area contributed by atoms with Gasteiger partial charge in [-0.05, 0) is 56.4 Å². The normalized spacial score (nSPS) is 23.7. The lowest BCUT2D eigenvalue weighted by molar-refractivity contribution is 0.0669. The Hall–Kier alpha value is -1.22. The Balaban J connectivity index is 1.98. The van der Waals surface area contributed by atoms with E-state index in [0.717, 1.165) is 12.2 Å². The van der Waals surface area contributed by atoms with Gasteiger partial charge in [0.05, 0.1) is 13.2 Å². The van der Waals surface area contributed by atoms with Crippen LogP contribution in [-0.4, -0.2) is 26.4 Å². The second-order valence-corrected chi connectivity index (χ2v) is 5.05. The van der Waals surface area contributed by atoms with Crippen molar-refractivity contribution in [3.63, 3.8) is 0 Å². The zero-order valence-corrected chi connectivity index (χ0v) is 11.5. The second-order valence-electron chi connectivity index (χ2n) is 5.05. The molecule has 2 rings (SSSR count). The molecule has 1 saturated carbocycles. The topological polar surface area (TPSA) is 30.5 Å². The highest BCUT2D eigenvalue weighted by atomic mass is 16.5. The molecular weight excluding hydrogens is 226 g/mol. The van der Waals surface area contributed by atoms with Crippen molar-refractivity contribution < 1.29 is 9.47 Å². The van der Waals surface area contributed by atoms with Gasteiger partial charge < -0.3 is 14.8 Å². The molecule has 3 heteroatoms. The minimum absolute atomic E-state index is 0.413. The summed E-state index contributed by atoms with van der Waals surface area (Å²) in [7, 11) is 3.52. The highest BCUT2D eigenvalue weighted by Gasteiger charge is 2.21. The quantitative estimate of drug-likeness (QED) is 0.887. The van der Waals surface area contributed by atoms with Crippen molar-refractivity contribution in [1.82, 2.24) is 0 Å². The van der Waals surface area contributed by atoms with Gasteiger partial charge in [0, 0.05) is 18.8 Å². The largest absolute Gasteiger partial charge is 0.496 e. The third-order valence-corrected chi connectivity index (χ3v) is 3.73. The molecule has 1 aromatic rings. The molecule has 0 radical (unpaired) electrons. The Bertz CT molecular complexity index is 392. The predicted octanol–water partition coefficient (Wildman–Crippen LogP) is 3.37. The van der Waals surface area contributed by atoms with Gasteiger partial charge in [0.25, 0.3) is 0 Å². The number of ether oxygens (including phenoxy) is 2. The van der Waals surface area contributed by atoms with E-state index in [1.165, 1.54) is 30.5 Å². The van der Waals surface area contributed by atoms with Crippen molar-refractivity contribution in [2.45, 2.75) is 44.8 Å². The molecule has 1 aliphatic rings. The molecule has 0 saturated heterocycles. The number of benzene rings is 1. The maximum atomic E-state index is 5.46. The van der Waals surface area contributed by atoms with Crippen LogP contribution in [0.1, 0.15) is 31.2 Å². The van der Waals surface area contributed by atoms with Crippen LogP contribution in [0.3, 0.4) is 0 Å². The molecule has 0 aliphatic heterocycles. The molecule has 18 heavy (non-hydrogen) atoms. The Kier molecular flexibility index (Phi) is 4.48. The Labute approximate surface area is 109 Å². The summed E-state index contributed by atoms with van der Waals surface area (Å²) in [5.41, 5.74) is 2.34. The van der Waals surface area contributed by atoms with E-state index in [1.807, 2.05) is 13.2 Å². The van der Waals surface area contributed by atoms with Gasteiger partial charge >= 0.3 is 0 Å². The van der Waals surface area contributed by atoms with Gasteiger partial charge in [-0.3, -0.25) is 0 Å². The molecule has 1 fully saturated rings. The lowest BCUT2D eigenvalue weighted by Gasteiger charge is -2.29. The molecule has 3 nitrogen and oxygen atoms in total. The Morgan fingerprint density at radius 1 is 1.22 bits per heavy atom. The highest BCUT2D eigenvalue weighted by molar-refractivity contribution is 5.51. The van der Waals surface area contributed by atoms with Crippen LogP contribution in [0.25, 0.3) is 0 Å². The van der Waals surface area contributed by atoms with Crippen molar-refractivity contribution >= 4 is 5.69 Å². The monoisotopic (exact) mass is 249 g/mol. The first kappa shape index (κ1) is 13.2. The number of aryl methyl sites for hydroxylation is 1. The summed E-state index contributed by atoms with van der Waals surface area (Å²) in [5.74, 6) is 0.943. The molecule has 1 aliphatic carbocycles. The smallest absolute Gasteiger partial charge is 0.121 e. The lowest BCUT2D eigenvalue weighted by Crippen LogP contribution is -2.30. The Morgan fingerprint density at radius 2 is 2.06 bits per heavy atom. The van der Waals surface area contributed by atoms with Crippen LogP contribution < -0.4 is 10.1 Å². The SMILES string of the molecule is COc1ccc(NC2CCCC(OC)C2)cc1C. The molecule has 2 unspecified atom stereocenters. The predicted molar refractivity (Wildman–Crippen MR) is 74.4 cm³/mol. The van der Waals surface area contributed by atoms with E-state index >= 15 is 0 Å². The van der Waals surface area contributed by atoms with Crippen LogP contribution in [0.5, 0.6) is 5.75 Å². The van der Waals surface area contributed by atoms with Crippen LogP contribution in [0, 0.1) is 6.92 Å². The zero-order valence-electron chi connectivity index (χ0n) is 11.5. The maximum absolute atomic E-state index is 5.46.